The van der Waals surface area contributed by atoms with Crippen molar-refractivity contribution in [3.8, 4) is 11.4 Å². The first-order valence-electron chi connectivity index (χ1n) is 11.0. The minimum absolute atomic E-state index is 0.335. The molecule has 0 spiro atoms. The van der Waals surface area contributed by atoms with Crippen LogP contribution >= 0.6 is 0 Å². The molecule has 0 bridgehead atoms. The van der Waals surface area contributed by atoms with Crippen molar-refractivity contribution < 1.29 is 19.1 Å². The number of fused-ring (bicyclic) bond motifs is 1. The molecule has 0 unspecified atom stereocenters. The van der Waals surface area contributed by atoms with E-state index in [-0.39, 0.29) is 5.69 Å². The van der Waals surface area contributed by atoms with E-state index in [2.05, 4.69) is 5.10 Å². The van der Waals surface area contributed by atoms with Gasteiger partial charge in [-0.05, 0) is 53.6 Å². The molecule has 4 rings (SSSR count). The largest absolute Gasteiger partial charge is 0.497 e. The van der Waals surface area contributed by atoms with Crippen LogP contribution in [-0.4, -0.2) is 47.3 Å². The summed E-state index contributed by atoms with van der Waals surface area (Å²) in [4.78, 5) is 39.0. The van der Waals surface area contributed by atoms with E-state index in [1.165, 1.54) is 15.6 Å². The highest BCUT2D eigenvalue weighted by molar-refractivity contribution is 5.89. The number of ether oxygens (including phenoxy) is 2. The number of likely N-dealkylation sites (N-methyl/N-ethyl adjacent to an activating group) is 1. The van der Waals surface area contributed by atoms with Crippen LogP contribution in [0.2, 0.25) is 0 Å². The van der Waals surface area contributed by atoms with Crippen LogP contribution in [0.5, 0.6) is 5.75 Å². The highest BCUT2D eigenvalue weighted by Gasteiger charge is 2.19. The second-order valence-electron chi connectivity index (χ2n) is 8.12. The molecule has 0 aliphatic rings. The Kier molecular flexibility index (Phi) is 6.91. The molecule has 0 saturated carbocycles. The number of carbonyl (C=O) groups is 2. The average molecular weight is 472 g/mol. The number of nitrogens with zero attached hydrogens (tertiary/aromatic N) is 3. The first-order chi connectivity index (χ1) is 16.9. The van der Waals surface area contributed by atoms with Gasteiger partial charge >= 0.3 is 5.97 Å². The summed E-state index contributed by atoms with van der Waals surface area (Å²) in [7, 11) is 3.25. The maximum atomic E-state index is 12.6. The summed E-state index contributed by atoms with van der Waals surface area (Å²) < 4.78 is 11.9. The number of carbonyl (C=O) groups excluding carboxylic acids is 2. The van der Waals surface area contributed by atoms with E-state index in [0.717, 1.165) is 22.1 Å². The van der Waals surface area contributed by atoms with Gasteiger partial charge in [0.05, 0.1) is 12.8 Å². The number of benzene rings is 3. The van der Waals surface area contributed by atoms with Crippen LogP contribution in [0, 0.1) is 6.92 Å². The van der Waals surface area contributed by atoms with Gasteiger partial charge in [0.2, 0.25) is 11.1 Å². The summed E-state index contributed by atoms with van der Waals surface area (Å²) in [6, 6.07) is 22.1. The van der Waals surface area contributed by atoms with Crippen LogP contribution < -0.4 is 10.2 Å². The monoisotopic (exact) mass is 471 g/mol. The molecule has 0 N–H and O–H groups in total. The summed E-state index contributed by atoms with van der Waals surface area (Å²) in [6.07, 6.45) is 0. The van der Waals surface area contributed by atoms with Crippen LogP contribution in [0.15, 0.2) is 77.6 Å². The van der Waals surface area contributed by atoms with E-state index in [0.29, 0.717) is 17.9 Å². The number of para-hydroxylation sites is 1. The first-order valence-corrected chi connectivity index (χ1v) is 11.0. The van der Waals surface area contributed by atoms with Gasteiger partial charge in [-0.15, -0.1) is 0 Å². The van der Waals surface area contributed by atoms with Gasteiger partial charge in [-0.3, -0.25) is 9.59 Å². The van der Waals surface area contributed by atoms with Gasteiger partial charge in [0.25, 0.3) is 5.91 Å². The van der Waals surface area contributed by atoms with Gasteiger partial charge in [-0.25, -0.2) is 9.48 Å². The Bertz CT molecular complexity index is 1450. The third kappa shape index (κ3) is 5.38. The molecule has 1 aromatic heterocycles. The van der Waals surface area contributed by atoms with E-state index >= 15 is 0 Å². The summed E-state index contributed by atoms with van der Waals surface area (Å²) in [5.41, 5.74) is 1.26. The maximum Gasteiger partial charge on any atom is 0.363 e. The summed E-state index contributed by atoms with van der Waals surface area (Å²) in [6.45, 7) is 1.56. The zero-order chi connectivity index (χ0) is 24.9. The van der Waals surface area contributed by atoms with Crippen LogP contribution in [0.4, 0.5) is 0 Å². The lowest BCUT2D eigenvalue weighted by molar-refractivity contribution is -0.133. The third-order valence-corrected chi connectivity index (χ3v) is 5.59. The van der Waals surface area contributed by atoms with Gasteiger partial charge in [0, 0.05) is 25.4 Å². The van der Waals surface area contributed by atoms with E-state index in [1.54, 1.807) is 33.2 Å². The van der Waals surface area contributed by atoms with Crippen molar-refractivity contribution in [3.63, 3.8) is 0 Å². The Balaban J connectivity index is 1.41. The summed E-state index contributed by atoms with van der Waals surface area (Å²) in [5.74, 6) is -0.567. The molecule has 8 heteroatoms. The van der Waals surface area contributed by atoms with Crippen molar-refractivity contribution in [1.29, 1.82) is 0 Å². The molecule has 0 aliphatic heterocycles. The molecule has 4 aromatic rings. The Labute approximate surface area is 202 Å². The summed E-state index contributed by atoms with van der Waals surface area (Å²) in [5, 5.41) is 6.22. The van der Waals surface area contributed by atoms with Crippen molar-refractivity contribution >= 4 is 22.6 Å². The number of aromatic nitrogens is 2. The van der Waals surface area contributed by atoms with Gasteiger partial charge in [0.1, 0.15) is 5.75 Å². The Hall–Kier alpha value is -4.46. The lowest BCUT2D eigenvalue weighted by Crippen LogP contribution is -2.32. The lowest BCUT2D eigenvalue weighted by atomic mass is 10.1. The smallest absolute Gasteiger partial charge is 0.363 e. The Morgan fingerprint density at radius 1 is 0.971 bits per heavy atom. The highest BCUT2D eigenvalue weighted by Crippen LogP contribution is 2.22. The molecule has 8 nitrogen and oxygen atoms in total. The third-order valence-electron chi connectivity index (χ3n) is 5.59. The molecule has 1 heterocycles. The van der Waals surface area contributed by atoms with Gasteiger partial charge in [-0.1, -0.05) is 36.4 Å². The van der Waals surface area contributed by atoms with Crippen molar-refractivity contribution in [2.75, 3.05) is 20.8 Å². The van der Waals surface area contributed by atoms with Crippen molar-refractivity contribution in [2.24, 2.45) is 0 Å². The lowest BCUT2D eigenvalue weighted by Gasteiger charge is -2.18. The fourth-order valence-corrected chi connectivity index (χ4v) is 3.69. The van der Waals surface area contributed by atoms with Crippen LogP contribution in [0.25, 0.3) is 16.5 Å². The molecule has 0 aliphatic carbocycles. The van der Waals surface area contributed by atoms with Crippen LogP contribution in [-0.2, 0) is 16.1 Å². The van der Waals surface area contributed by atoms with Crippen LogP contribution in [0.3, 0.4) is 0 Å². The van der Waals surface area contributed by atoms with E-state index in [4.69, 9.17) is 9.47 Å². The number of esters is 1. The van der Waals surface area contributed by atoms with E-state index in [9.17, 15) is 14.4 Å². The Morgan fingerprint density at radius 2 is 1.69 bits per heavy atom. The minimum atomic E-state index is -0.943. The van der Waals surface area contributed by atoms with Gasteiger partial charge < -0.3 is 14.4 Å². The second kappa shape index (κ2) is 10.2. The number of rotatable bonds is 7. The van der Waals surface area contributed by atoms with E-state index in [1.807, 2.05) is 54.6 Å². The highest BCUT2D eigenvalue weighted by atomic mass is 16.5. The molecule has 0 atom stereocenters. The zero-order valence-electron chi connectivity index (χ0n) is 19.7. The number of aryl methyl sites for hydroxylation is 1. The minimum Gasteiger partial charge on any atom is -0.497 e. The van der Waals surface area contributed by atoms with Crippen molar-refractivity contribution in [3.05, 3.63) is 100.0 Å². The average Bonchev–Trinajstić information content (AvgIpc) is 2.87. The predicted octanol–water partition coefficient (Wildman–Crippen LogP) is 3.52. The zero-order valence-corrected chi connectivity index (χ0v) is 19.7. The number of amides is 1. The van der Waals surface area contributed by atoms with Crippen molar-refractivity contribution in [2.45, 2.75) is 13.5 Å². The van der Waals surface area contributed by atoms with Crippen molar-refractivity contribution in [1.82, 2.24) is 14.7 Å². The SMILES string of the molecule is COc1ccc2cc(CN(C)C(=O)COC(=O)c3nn(-c4ccccc4)c(C)cc3=O)ccc2c1. The standard InChI is InChI=1S/C27H25N3O5/c1-18-13-24(31)26(28-30(18)22-7-5-4-6-8-22)27(33)35-17-25(32)29(2)16-19-9-10-21-15-23(34-3)12-11-20(21)14-19/h4-15H,16-17H2,1-3H3. The molecule has 178 valence electrons. The number of hydrogen-bond donors (Lipinski definition) is 0. The summed E-state index contributed by atoms with van der Waals surface area (Å²) >= 11 is 0. The molecule has 0 radical (unpaired) electrons. The number of methoxy groups -OCH3 is 1. The molecule has 1 amide bonds. The predicted molar refractivity (Wildman–Crippen MR) is 132 cm³/mol. The van der Waals surface area contributed by atoms with Crippen LogP contribution in [0.1, 0.15) is 21.7 Å². The second-order valence-corrected chi connectivity index (χ2v) is 8.12. The molecule has 3 aromatic carbocycles. The normalized spacial score (nSPS) is 10.7. The molecular formula is C27H25N3O5. The molecular weight excluding hydrogens is 446 g/mol. The fourth-order valence-electron chi connectivity index (χ4n) is 3.69. The fraction of sp³-hybridized carbons (Fsp3) is 0.185. The van der Waals surface area contributed by atoms with Gasteiger partial charge in [-0.2, -0.15) is 5.10 Å². The molecule has 0 fully saturated rings. The Morgan fingerprint density at radius 3 is 2.43 bits per heavy atom. The molecule has 0 saturated heterocycles. The van der Waals surface area contributed by atoms with E-state index < -0.39 is 23.9 Å². The maximum absolute atomic E-state index is 12.6. The number of hydrogen-bond acceptors (Lipinski definition) is 6. The quantitative estimate of drug-likeness (QED) is 0.383. The van der Waals surface area contributed by atoms with Gasteiger partial charge in [0.15, 0.2) is 6.61 Å². The first kappa shape index (κ1) is 23.7. The topological polar surface area (TPSA) is 90.7 Å². The molecule has 35 heavy (non-hydrogen) atoms.